The molecule has 2 heterocycles. The Morgan fingerprint density at radius 1 is 1.02 bits per heavy atom. The maximum atomic E-state index is 14.1. The summed E-state index contributed by atoms with van der Waals surface area (Å²) in [6.07, 6.45) is 1.82. The van der Waals surface area contributed by atoms with E-state index in [4.69, 9.17) is 9.15 Å². The van der Waals surface area contributed by atoms with Crippen LogP contribution in [0.4, 0.5) is 4.39 Å². The Labute approximate surface area is 229 Å². The van der Waals surface area contributed by atoms with Crippen LogP contribution in [0.1, 0.15) is 40.7 Å². The average Bonchev–Trinajstić information content (AvgIpc) is 3.34. The average molecular weight is 539 g/mol. The topological polar surface area (TPSA) is 88.9 Å². The molecule has 0 spiro atoms. The van der Waals surface area contributed by atoms with E-state index in [9.17, 15) is 18.8 Å². The molecule has 8 heteroatoms. The van der Waals surface area contributed by atoms with Crippen LogP contribution < -0.4 is 15.7 Å². The highest BCUT2D eigenvalue weighted by molar-refractivity contribution is 5.98. The summed E-state index contributed by atoms with van der Waals surface area (Å²) in [5.41, 5.74) is 1.62. The van der Waals surface area contributed by atoms with Crippen molar-refractivity contribution < 1.29 is 23.1 Å². The summed E-state index contributed by atoms with van der Waals surface area (Å²) < 4.78 is 25.4. The van der Waals surface area contributed by atoms with Gasteiger partial charge in [-0.1, -0.05) is 54.6 Å². The van der Waals surface area contributed by atoms with Crippen LogP contribution in [0.2, 0.25) is 0 Å². The minimum Gasteiger partial charge on any atom is -0.489 e. The molecule has 1 aromatic heterocycles. The Bertz CT molecular complexity index is 1690. The van der Waals surface area contributed by atoms with Crippen molar-refractivity contribution in [1.29, 1.82) is 0 Å². The van der Waals surface area contributed by atoms with Crippen molar-refractivity contribution in [2.24, 2.45) is 0 Å². The molecule has 0 bridgehead atoms. The van der Waals surface area contributed by atoms with E-state index >= 15 is 0 Å². The van der Waals surface area contributed by atoms with Crippen molar-refractivity contribution >= 4 is 22.8 Å². The van der Waals surface area contributed by atoms with Gasteiger partial charge in [0.05, 0.1) is 12.0 Å². The van der Waals surface area contributed by atoms with E-state index in [2.05, 4.69) is 5.32 Å². The Hall–Kier alpha value is -4.72. The molecule has 1 aliphatic heterocycles. The number of fused-ring (bicyclic) bond motifs is 4. The first kappa shape index (κ1) is 25.6. The maximum absolute atomic E-state index is 14.1. The zero-order valence-electron chi connectivity index (χ0n) is 21.8. The van der Waals surface area contributed by atoms with E-state index < -0.39 is 23.4 Å². The fourth-order valence-corrected chi connectivity index (χ4v) is 5.63. The molecule has 3 unspecified atom stereocenters. The molecular weight excluding hydrogens is 511 g/mol. The summed E-state index contributed by atoms with van der Waals surface area (Å²) in [5, 5.41) is 3.51. The molecule has 2 aliphatic rings. The van der Waals surface area contributed by atoms with Gasteiger partial charge < -0.3 is 19.4 Å². The third kappa shape index (κ3) is 4.66. The number of likely N-dealkylation sites (N-methyl/N-ethyl adjacent to an activating group) is 1. The number of nitrogens with zero attached hydrogens (tertiary/aromatic N) is 1. The Morgan fingerprint density at radius 2 is 1.77 bits per heavy atom. The van der Waals surface area contributed by atoms with Gasteiger partial charge in [0.25, 0.3) is 5.91 Å². The van der Waals surface area contributed by atoms with Crippen molar-refractivity contribution in [2.45, 2.75) is 38.0 Å². The molecule has 40 heavy (non-hydrogen) atoms. The summed E-state index contributed by atoms with van der Waals surface area (Å²) in [6, 6.07) is 21.4. The highest BCUT2D eigenvalue weighted by Gasteiger charge is 2.45. The molecule has 0 saturated heterocycles. The summed E-state index contributed by atoms with van der Waals surface area (Å²) in [5.74, 6) is -0.753. The predicted molar refractivity (Wildman–Crippen MR) is 148 cm³/mol. The van der Waals surface area contributed by atoms with E-state index in [1.807, 2.05) is 37.3 Å². The first-order valence-electron chi connectivity index (χ1n) is 13.3. The van der Waals surface area contributed by atoms with Crippen molar-refractivity contribution in [3.05, 3.63) is 123 Å². The molecule has 7 nitrogen and oxygen atoms in total. The first-order valence-corrected chi connectivity index (χ1v) is 13.3. The van der Waals surface area contributed by atoms with E-state index in [1.54, 1.807) is 36.4 Å². The quantitative estimate of drug-likeness (QED) is 0.351. The second kappa shape index (κ2) is 10.4. The van der Waals surface area contributed by atoms with Gasteiger partial charge in [0.15, 0.2) is 0 Å². The molecular formula is C32H27FN2O5. The van der Waals surface area contributed by atoms with Crippen molar-refractivity contribution in [3.8, 4) is 5.75 Å². The Balaban J connectivity index is 1.44. The van der Waals surface area contributed by atoms with Gasteiger partial charge in [-0.15, -0.1) is 0 Å². The lowest BCUT2D eigenvalue weighted by atomic mass is 9.79. The number of halogens is 1. The summed E-state index contributed by atoms with van der Waals surface area (Å²) in [7, 11) is 0. The van der Waals surface area contributed by atoms with E-state index in [-0.39, 0.29) is 30.0 Å². The van der Waals surface area contributed by atoms with Crippen molar-refractivity contribution in [3.63, 3.8) is 0 Å². The van der Waals surface area contributed by atoms with Crippen LogP contribution in [0, 0.1) is 5.82 Å². The smallest absolute Gasteiger partial charge is 0.349 e. The van der Waals surface area contributed by atoms with Crippen LogP contribution in [0.5, 0.6) is 5.75 Å². The van der Waals surface area contributed by atoms with Gasteiger partial charge >= 0.3 is 5.63 Å². The second-order valence-electron chi connectivity index (χ2n) is 10.0. The zero-order chi connectivity index (χ0) is 27.8. The molecule has 2 amide bonds. The summed E-state index contributed by atoms with van der Waals surface area (Å²) in [4.78, 5) is 41.9. The molecule has 4 aromatic rings. The number of para-hydroxylation sites is 2. The van der Waals surface area contributed by atoms with Crippen LogP contribution in [0.15, 0.2) is 99.7 Å². The first-order chi connectivity index (χ1) is 19.4. The third-order valence-electron chi connectivity index (χ3n) is 7.48. The minimum absolute atomic E-state index is 0.0829. The number of nitrogens with one attached hydrogen (secondary N) is 1. The molecule has 202 valence electrons. The largest absolute Gasteiger partial charge is 0.489 e. The lowest BCUT2D eigenvalue weighted by Gasteiger charge is -2.37. The number of carbonyl (C=O) groups excluding carboxylic acids is 2. The fourth-order valence-electron chi connectivity index (χ4n) is 5.63. The number of amides is 2. The predicted octanol–water partition coefficient (Wildman–Crippen LogP) is 4.95. The standard InChI is InChI=1S/C32H27FN2O5/c1-2-34-30(36)24-16-22(17-28-29(24)23-8-4-6-10-27(23)39-28)35(18-19-11-13-21(33)14-12-19)31(37)25-15-20-7-3-5-9-26(20)40-32(25)38/h3-16,22,28-29H,2,17-18H2,1H3,(H,34,36). The SMILES string of the molecule is CCNC(=O)C1=CC(N(Cc2ccc(F)cc2)C(=O)c2cc3ccccc3oc2=O)CC2Oc3ccccc3C12. The van der Waals surface area contributed by atoms with E-state index in [1.165, 1.54) is 23.1 Å². The number of hydrogen-bond donors (Lipinski definition) is 1. The molecule has 0 saturated carbocycles. The van der Waals surface area contributed by atoms with E-state index in [0.717, 1.165) is 5.56 Å². The van der Waals surface area contributed by atoms with Gasteiger partial charge in [-0.2, -0.15) is 0 Å². The monoisotopic (exact) mass is 538 g/mol. The third-order valence-corrected chi connectivity index (χ3v) is 7.48. The van der Waals surface area contributed by atoms with Crippen molar-refractivity contribution in [1.82, 2.24) is 10.2 Å². The van der Waals surface area contributed by atoms with Gasteiger partial charge in [-0.05, 0) is 42.8 Å². The van der Waals surface area contributed by atoms with E-state index in [0.29, 0.717) is 40.8 Å². The maximum Gasteiger partial charge on any atom is 0.349 e. The molecule has 1 aliphatic carbocycles. The molecule has 0 fully saturated rings. The molecule has 3 atom stereocenters. The zero-order valence-corrected chi connectivity index (χ0v) is 21.8. The number of benzene rings is 3. The fraction of sp³-hybridized carbons (Fsp3) is 0.219. The lowest BCUT2D eigenvalue weighted by molar-refractivity contribution is -0.118. The second-order valence-corrected chi connectivity index (χ2v) is 10.0. The molecule has 6 rings (SSSR count). The Kier molecular flexibility index (Phi) is 6.67. The normalized spacial score (nSPS) is 19.2. The van der Waals surface area contributed by atoms with Gasteiger partial charge in [0, 0.05) is 36.0 Å². The van der Waals surface area contributed by atoms with Crippen molar-refractivity contribution in [2.75, 3.05) is 6.54 Å². The van der Waals surface area contributed by atoms with Crippen LogP contribution >= 0.6 is 0 Å². The summed E-state index contributed by atoms with van der Waals surface area (Å²) >= 11 is 0. The minimum atomic E-state index is -0.751. The lowest BCUT2D eigenvalue weighted by Crippen LogP contribution is -2.47. The van der Waals surface area contributed by atoms with Gasteiger partial charge in [0.1, 0.15) is 28.8 Å². The molecule has 3 aromatic carbocycles. The van der Waals surface area contributed by atoms with Crippen LogP contribution in [-0.4, -0.2) is 35.4 Å². The molecule has 1 N–H and O–H groups in total. The number of hydrogen-bond acceptors (Lipinski definition) is 5. The highest BCUT2D eigenvalue weighted by Crippen LogP contribution is 2.47. The summed E-state index contributed by atoms with van der Waals surface area (Å²) in [6.45, 7) is 2.37. The van der Waals surface area contributed by atoms with Crippen LogP contribution in [-0.2, 0) is 11.3 Å². The highest BCUT2D eigenvalue weighted by atomic mass is 19.1. The van der Waals surface area contributed by atoms with Gasteiger partial charge in [-0.25, -0.2) is 9.18 Å². The number of ether oxygens (including phenoxy) is 1. The van der Waals surface area contributed by atoms with Gasteiger partial charge in [-0.3, -0.25) is 9.59 Å². The number of rotatable bonds is 6. The van der Waals surface area contributed by atoms with Gasteiger partial charge in [0.2, 0.25) is 5.91 Å². The van der Waals surface area contributed by atoms with Crippen LogP contribution in [0.3, 0.4) is 0 Å². The van der Waals surface area contributed by atoms with Crippen LogP contribution in [0.25, 0.3) is 11.0 Å². The Morgan fingerprint density at radius 3 is 2.58 bits per heavy atom. The molecule has 0 radical (unpaired) electrons. The number of carbonyl (C=O) groups is 2.